The minimum absolute atomic E-state index is 0.0381. The molecule has 3 heterocycles. The van der Waals surface area contributed by atoms with Crippen LogP contribution in [0.3, 0.4) is 0 Å². The Morgan fingerprint density at radius 1 is 1.09 bits per heavy atom. The smallest absolute Gasteiger partial charge is 0.411 e. The van der Waals surface area contributed by atoms with E-state index in [2.05, 4.69) is 50.5 Å². The molecule has 9 nitrogen and oxygen atoms in total. The normalized spacial score (nSPS) is 24.7. The van der Waals surface area contributed by atoms with Crippen molar-refractivity contribution in [1.82, 2.24) is 3.11 Å². The molecule has 3 aliphatic heterocycles. The topological polar surface area (TPSA) is 113 Å². The highest BCUT2D eigenvalue weighted by Gasteiger charge is 2.70. The third-order valence-electron chi connectivity index (χ3n) is 8.79. The fraction of sp³-hybridized carbons (Fsp3) is 0.394. The van der Waals surface area contributed by atoms with Crippen LogP contribution in [-0.4, -0.2) is 57.7 Å². The molecular formula is C33H35ClIN3O6. The van der Waals surface area contributed by atoms with Crippen LogP contribution in [0.1, 0.15) is 37.8 Å². The van der Waals surface area contributed by atoms with Gasteiger partial charge >= 0.3 is 6.09 Å². The third-order valence-corrected chi connectivity index (χ3v) is 10.3. The van der Waals surface area contributed by atoms with Gasteiger partial charge in [0.15, 0.2) is 0 Å². The van der Waals surface area contributed by atoms with E-state index in [-0.39, 0.29) is 48.7 Å². The standard InChI is InChI=1S/C33H35ClIN3O6/c1-33(2)16-26(28-29-30(44-29)31(33)38(28)35)43-32(41)37-23-13-18(9-11-21(23)19-7-5-4-6-8-19)10-12-27(40)36-24-15-25(42-3)20(17-39)14-22(24)34/h4-9,11,13-15,26,28-31,39H,10,12,16-17H2,1-3H3,(H,36,40)(H,37,41). The fourth-order valence-corrected chi connectivity index (χ4v) is 8.60. The zero-order valence-corrected chi connectivity index (χ0v) is 27.6. The maximum Gasteiger partial charge on any atom is 0.411 e. The van der Waals surface area contributed by atoms with Gasteiger partial charge in [0.25, 0.3) is 0 Å². The zero-order chi connectivity index (χ0) is 31.2. The maximum atomic E-state index is 13.4. The van der Waals surface area contributed by atoms with Crippen LogP contribution < -0.4 is 15.4 Å². The van der Waals surface area contributed by atoms with Crippen LogP contribution in [0.4, 0.5) is 16.2 Å². The second-order valence-corrected chi connectivity index (χ2v) is 13.7. The van der Waals surface area contributed by atoms with Gasteiger partial charge in [0.1, 0.15) is 24.1 Å². The summed E-state index contributed by atoms with van der Waals surface area (Å²) in [5.74, 6) is 0.206. The van der Waals surface area contributed by atoms with Crippen LogP contribution in [0.15, 0.2) is 60.7 Å². The van der Waals surface area contributed by atoms with Crippen molar-refractivity contribution >= 4 is 57.8 Å². The van der Waals surface area contributed by atoms with Gasteiger partial charge in [0, 0.05) is 46.5 Å². The summed E-state index contributed by atoms with van der Waals surface area (Å²) in [5.41, 5.74) is 4.17. The van der Waals surface area contributed by atoms with Crippen LogP contribution >= 0.6 is 34.5 Å². The number of aliphatic hydroxyl groups is 1. The number of hydrogen-bond donors (Lipinski definition) is 3. The minimum atomic E-state index is -0.514. The average Bonchev–Trinajstić information content (AvgIpc) is 3.70. The third kappa shape index (κ3) is 6.15. The van der Waals surface area contributed by atoms with Gasteiger partial charge in [-0.15, -0.1) is 0 Å². The van der Waals surface area contributed by atoms with Crippen molar-refractivity contribution < 1.29 is 28.9 Å². The molecule has 3 aromatic carbocycles. The summed E-state index contributed by atoms with van der Waals surface area (Å²) in [6.45, 7) is 4.19. The van der Waals surface area contributed by atoms with E-state index in [0.29, 0.717) is 40.2 Å². The molecule has 0 spiro atoms. The number of methoxy groups -OCH3 is 1. The fourth-order valence-electron chi connectivity index (χ4n) is 6.62. The van der Waals surface area contributed by atoms with Crippen molar-refractivity contribution in [3.63, 3.8) is 0 Å². The number of rotatable bonds is 9. The van der Waals surface area contributed by atoms with Crippen molar-refractivity contribution in [1.29, 1.82) is 0 Å². The van der Waals surface area contributed by atoms with Crippen molar-refractivity contribution in [2.75, 3.05) is 17.7 Å². The number of nitrogens with zero attached hydrogens (tertiary/aromatic N) is 1. The van der Waals surface area contributed by atoms with E-state index in [0.717, 1.165) is 23.1 Å². The number of anilines is 2. The van der Waals surface area contributed by atoms with E-state index in [1.54, 1.807) is 12.1 Å². The number of aryl methyl sites for hydroxylation is 1. The molecule has 5 unspecified atom stereocenters. The predicted molar refractivity (Wildman–Crippen MR) is 177 cm³/mol. The number of nitrogens with one attached hydrogen (secondary N) is 2. The number of fused-ring (bicyclic) bond motifs is 5. The zero-order valence-electron chi connectivity index (χ0n) is 24.7. The lowest BCUT2D eigenvalue weighted by molar-refractivity contribution is -0.116. The lowest BCUT2D eigenvalue weighted by atomic mass is 9.77. The van der Waals surface area contributed by atoms with Gasteiger partial charge in [0.2, 0.25) is 5.91 Å². The number of aliphatic hydroxyl groups excluding tert-OH is 1. The number of piperidine rings is 1. The average molecular weight is 732 g/mol. The van der Waals surface area contributed by atoms with E-state index >= 15 is 0 Å². The van der Waals surface area contributed by atoms with Crippen LogP contribution in [0.25, 0.3) is 11.1 Å². The molecule has 3 saturated heterocycles. The molecule has 44 heavy (non-hydrogen) atoms. The van der Waals surface area contributed by atoms with Crippen LogP contribution in [0, 0.1) is 5.41 Å². The molecule has 3 aromatic rings. The number of halogens is 2. The van der Waals surface area contributed by atoms with E-state index in [1.165, 1.54) is 7.11 Å². The number of ether oxygens (including phenoxy) is 3. The quantitative estimate of drug-likeness (QED) is 0.129. The lowest BCUT2D eigenvalue weighted by Crippen LogP contribution is -2.56. The summed E-state index contributed by atoms with van der Waals surface area (Å²) in [6.07, 6.45) is 0.890. The van der Waals surface area contributed by atoms with E-state index in [9.17, 15) is 14.7 Å². The van der Waals surface area contributed by atoms with Gasteiger partial charge < -0.3 is 24.6 Å². The largest absolute Gasteiger partial charge is 0.496 e. The number of carbonyl (C=O) groups is 2. The molecule has 3 fully saturated rings. The predicted octanol–water partition coefficient (Wildman–Crippen LogP) is 6.60. The van der Waals surface area contributed by atoms with Gasteiger partial charge in [-0.25, -0.2) is 7.91 Å². The van der Waals surface area contributed by atoms with E-state index < -0.39 is 6.09 Å². The summed E-state index contributed by atoms with van der Waals surface area (Å²) in [4.78, 5) is 26.3. The molecule has 0 aromatic heterocycles. The van der Waals surface area contributed by atoms with Gasteiger partial charge in [-0.1, -0.05) is 67.9 Å². The number of carbonyl (C=O) groups excluding carboxylic acids is 2. The van der Waals surface area contributed by atoms with Gasteiger partial charge in [-0.3, -0.25) is 10.1 Å². The first-order chi connectivity index (χ1) is 21.1. The minimum Gasteiger partial charge on any atom is -0.496 e. The Bertz CT molecular complexity index is 1570. The van der Waals surface area contributed by atoms with Gasteiger partial charge in [-0.2, -0.15) is 0 Å². The number of benzene rings is 3. The van der Waals surface area contributed by atoms with Crippen molar-refractivity contribution in [3.05, 3.63) is 76.8 Å². The monoisotopic (exact) mass is 731 g/mol. The molecule has 0 saturated carbocycles. The molecule has 0 radical (unpaired) electrons. The van der Waals surface area contributed by atoms with Crippen molar-refractivity contribution in [2.24, 2.45) is 5.41 Å². The van der Waals surface area contributed by atoms with Crippen LogP contribution in [0.5, 0.6) is 5.75 Å². The molecule has 6 rings (SSSR count). The van der Waals surface area contributed by atoms with Gasteiger partial charge in [-0.05, 0) is 41.5 Å². The Morgan fingerprint density at radius 2 is 1.86 bits per heavy atom. The number of hydrogen-bond acceptors (Lipinski definition) is 7. The summed E-state index contributed by atoms with van der Waals surface area (Å²) in [5, 5.41) is 15.7. The Balaban J connectivity index is 1.16. The maximum absolute atomic E-state index is 13.4. The molecule has 3 aliphatic rings. The van der Waals surface area contributed by atoms with Crippen LogP contribution in [-0.2, 0) is 27.3 Å². The van der Waals surface area contributed by atoms with E-state index in [4.69, 9.17) is 25.8 Å². The van der Waals surface area contributed by atoms with Crippen molar-refractivity contribution in [2.45, 2.75) is 70.1 Å². The molecule has 11 heteroatoms. The molecule has 3 N–H and O–H groups in total. The molecule has 2 amide bonds. The highest BCUT2D eigenvalue weighted by molar-refractivity contribution is 14.1. The Kier molecular flexibility index (Phi) is 8.82. The summed E-state index contributed by atoms with van der Waals surface area (Å²) >= 11 is 8.68. The Labute approximate surface area is 275 Å². The number of morpholine rings is 1. The summed E-state index contributed by atoms with van der Waals surface area (Å²) < 4.78 is 19.6. The summed E-state index contributed by atoms with van der Waals surface area (Å²) in [6, 6.07) is 19.1. The second-order valence-electron chi connectivity index (χ2n) is 12.2. The first-order valence-electron chi connectivity index (χ1n) is 14.6. The highest BCUT2D eigenvalue weighted by atomic mass is 127. The van der Waals surface area contributed by atoms with Crippen LogP contribution in [0.2, 0.25) is 5.02 Å². The highest BCUT2D eigenvalue weighted by Crippen LogP contribution is 2.57. The Morgan fingerprint density at radius 3 is 2.59 bits per heavy atom. The summed E-state index contributed by atoms with van der Waals surface area (Å²) in [7, 11) is 1.49. The second kappa shape index (κ2) is 12.5. The number of epoxide rings is 1. The molecule has 2 bridgehead atoms. The SMILES string of the molecule is COc1cc(NC(=O)CCc2ccc(-c3ccccc3)c(NC(=O)OC3CC(C)(C)C4C5OC5C3N4I)c2)c(Cl)cc1CO. The number of amides is 2. The first-order valence-corrected chi connectivity index (χ1v) is 16.0. The lowest BCUT2D eigenvalue weighted by Gasteiger charge is -2.46. The van der Waals surface area contributed by atoms with Crippen molar-refractivity contribution in [3.8, 4) is 16.9 Å². The molecule has 5 atom stereocenters. The van der Waals surface area contributed by atoms with E-state index in [1.807, 2.05) is 48.5 Å². The Hall–Kier alpha value is -2.90. The first kappa shape index (κ1) is 31.1. The van der Waals surface area contributed by atoms with Gasteiger partial charge in [0.05, 0.1) is 42.2 Å². The molecule has 232 valence electrons. The molecular weight excluding hydrogens is 697 g/mol. The molecule has 0 aliphatic carbocycles.